The van der Waals surface area contributed by atoms with Crippen LogP contribution in [0.4, 0.5) is 0 Å². The lowest BCUT2D eigenvalue weighted by Crippen LogP contribution is -2.20. The first-order valence-electron chi connectivity index (χ1n) is 3.44. The van der Waals surface area contributed by atoms with Gasteiger partial charge in [0.05, 0.1) is 19.0 Å². The second kappa shape index (κ2) is 7.39. The first-order chi connectivity index (χ1) is 5.39. The summed E-state index contributed by atoms with van der Waals surface area (Å²) in [7, 11) is 0. The van der Waals surface area contributed by atoms with Crippen molar-refractivity contribution in [2.45, 2.75) is 13.8 Å². The Hall–Kier alpha value is -0.260. The van der Waals surface area contributed by atoms with E-state index in [1.54, 1.807) is 13.8 Å². The Labute approximate surface area is 77.6 Å². The maximum atomic E-state index is 9.29. The largest absolute Gasteiger partial charge is 0.481 e. The van der Waals surface area contributed by atoms with Gasteiger partial charge in [-0.2, -0.15) is 12.6 Å². The summed E-state index contributed by atoms with van der Waals surface area (Å²) < 4.78 is 0. The molecular weight excluding hydrogens is 180 g/mol. The smallest absolute Gasteiger partial charge is 0.313 e. The first kappa shape index (κ1) is 14.3. The van der Waals surface area contributed by atoms with Crippen LogP contribution >= 0.6 is 12.6 Å². The van der Waals surface area contributed by atoms with Gasteiger partial charge in [-0.25, -0.2) is 0 Å². The van der Waals surface area contributed by atoms with Gasteiger partial charge in [0.25, 0.3) is 0 Å². The zero-order valence-corrected chi connectivity index (χ0v) is 8.21. The van der Waals surface area contributed by atoms with E-state index in [1.165, 1.54) is 0 Å². The molecule has 4 nitrogen and oxygen atoms in total. The predicted molar refractivity (Wildman–Crippen MR) is 49.4 cm³/mol. The molecule has 5 heteroatoms. The van der Waals surface area contributed by atoms with Gasteiger partial charge in [0.1, 0.15) is 0 Å². The lowest BCUT2D eigenvalue weighted by atomic mass is 9.97. The molecule has 0 radical (unpaired) electrons. The third-order valence-corrected chi connectivity index (χ3v) is 1.26. The average molecular weight is 196 g/mol. The molecule has 0 fully saturated rings. The summed E-state index contributed by atoms with van der Waals surface area (Å²) in [5, 5.41) is 24.5. The van der Waals surface area contributed by atoms with Crippen molar-refractivity contribution in [1.29, 1.82) is 0 Å². The van der Waals surface area contributed by atoms with Crippen LogP contribution in [0.2, 0.25) is 0 Å². The number of carboxylic acids is 1. The van der Waals surface area contributed by atoms with Gasteiger partial charge in [-0.1, -0.05) is 13.8 Å². The number of thiol groups is 1. The summed E-state index contributed by atoms with van der Waals surface area (Å²) in [5.41, 5.74) is -0.306. The van der Waals surface area contributed by atoms with Crippen LogP contribution in [0.3, 0.4) is 0 Å². The molecule has 0 bridgehead atoms. The zero-order valence-electron chi connectivity index (χ0n) is 7.32. The summed E-state index contributed by atoms with van der Waals surface area (Å²) in [6.45, 7) is 3.69. The summed E-state index contributed by atoms with van der Waals surface area (Å²) in [6.07, 6.45) is 0. The molecule has 0 spiro atoms. The standard InChI is InChI=1S/C5H12O2.C2H4O2S/c1-5(2,3-6)4-7;3-2(4)1-5/h6-7H,3-4H2,1-2H3;5H,1H2,(H,3,4). The van der Waals surface area contributed by atoms with E-state index in [1.807, 2.05) is 0 Å². The molecule has 74 valence electrons. The van der Waals surface area contributed by atoms with Gasteiger partial charge < -0.3 is 15.3 Å². The minimum Gasteiger partial charge on any atom is -0.481 e. The molecular formula is C7H16O4S. The van der Waals surface area contributed by atoms with Crippen LogP contribution in [0.25, 0.3) is 0 Å². The molecule has 12 heavy (non-hydrogen) atoms. The summed E-state index contributed by atoms with van der Waals surface area (Å²) in [6, 6.07) is 0. The van der Waals surface area contributed by atoms with Crippen molar-refractivity contribution in [3.05, 3.63) is 0 Å². The van der Waals surface area contributed by atoms with E-state index < -0.39 is 5.97 Å². The maximum Gasteiger partial charge on any atom is 0.313 e. The Morgan fingerprint density at radius 3 is 1.58 bits per heavy atom. The van der Waals surface area contributed by atoms with Crippen LogP contribution in [-0.2, 0) is 4.79 Å². The highest BCUT2D eigenvalue weighted by atomic mass is 32.1. The number of carbonyl (C=O) groups is 1. The van der Waals surface area contributed by atoms with Gasteiger partial charge in [-0.15, -0.1) is 0 Å². The molecule has 0 atom stereocenters. The fourth-order valence-electron chi connectivity index (χ4n) is 0.0500. The minimum absolute atomic E-state index is 0.0451. The highest BCUT2D eigenvalue weighted by Crippen LogP contribution is 2.10. The first-order valence-corrected chi connectivity index (χ1v) is 4.07. The topological polar surface area (TPSA) is 77.8 Å². The third kappa shape index (κ3) is 12.4. The van der Waals surface area contributed by atoms with Crippen molar-refractivity contribution in [2.75, 3.05) is 19.0 Å². The number of aliphatic hydroxyl groups excluding tert-OH is 2. The quantitative estimate of drug-likeness (QED) is 0.479. The van der Waals surface area contributed by atoms with Gasteiger partial charge in [-0.05, 0) is 0 Å². The molecule has 0 heterocycles. The molecule has 0 amide bonds. The molecule has 0 rings (SSSR count). The average Bonchev–Trinajstić information content (AvgIpc) is 2.05. The van der Waals surface area contributed by atoms with Crippen LogP contribution in [0, 0.1) is 5.41 Å². The van der Waals surface area contributed by atoms with Crippen molar-refractivity contribution in [2.24, 2.45) is 5.41 Å². The van der Waals surface area contributed by atoms with Crippen LogP contribution in [0.5, 0.6) is 0 Å². The molecule has 3 N–H and O–H groups in total. The number of aliphatic hydroxyl groups is 2. The monoisotopic (exact) mass is 196 g/mol. The molecule has 0 saturated carbocycles. The van der Waals surface area contributed by atoms with Crippen molar-refractivity contribution >= 4 is 18.6 Å². The van der Waals surface area contributed by atoms with E-state index in [0.717, 1.165) is 0 Å². The second-order valence-corrected chi connectivity index (χ2v) is 3.35. The maximum absolute atomic E-state index is 9.29. The predicted octanol–water partition coefficient (Wildman–Crippen LogP) is -0.00200. The van der Waals surface area contributed by atoms with Gasteiger partial charge in [-0.3, -0.25) is 4.79 Å². The SMILES string of the molecule is CC(C)(CO)CO.O=C(O)CS. The molecule has 0 saturated heterocycles. The molecule has 0 aliphatic carbocycles. The minimum atomic E-state index is -0.881. The number of hydrogen-bond acceptors (Lipinski definition) is 4. The summed E-state index contributed by atoms with van der Waals surface area (Å²) in [4.78, 5) is 9.29. The Balaban J connectivity index is 0. The molecule has 0 aromatic heterocycles. The lowest BCUT2D eigenvalue weighted by Gasteiger charge is -2.16. The molecule has 0 aliphatic rings. The van der Waals surface area contributed by atoms with E-state index >= 15 is 0 Å². The number of hydrogen-bond donors (Lipinski definition) is 4. The van der Waals surface area contributed by atoms with Gasteiger partial charge in [0.15, 0.2) is 0 Å². The Morgan fingerprint density at radius 2 is 1.58 bits per heavy atom. The molecule has 0 unspecified atom stereocenters. The highest BCUT2D eigenvalue weighted by Gasteiger charge is 2.13. The van der Waals surface area contributed by atoms with Crippen molar-refractivity contribution in [3.63, 3.8) is 0 Å². The molecule has 0 aromatic rings. The van der Waals surface area contributed by atoms with Gasteiger partial charge >= 0.3 is 5.97 Å². The van der Waals surface area contributed by atoms with E-state index in [-0.39, 0.29) is 24.4 Å². The lowest BCUT2D eigenvalue weighted by molar-refractivity contribution is -0.133. The summed E-state index contributed by atoms with van der Waals surface area (Å²) >= 11 is 3.42. The van der Waals surface area contributed by atoms with Crippen LogP contribution in [0.15, 0.2) is 0 Å². The van der Waals surface area contributed by atoms with E-state index in [2.05, 4.69) is 12.6 Å². The Kier molecular flexibility index (Phi) is 8.79. The Morgan fingerprint density at radius 1 is 1.33 bits per heavy atom. The van der Waals surface area contributed by atoms with Crippen LogP contribution < -0.4 is 0 Å². The van der Waals surface area contributed by atoms with Gasteiger partial charge in [0, 0.05) is 5.41 Å². The van der Waals surface area contributed by atoms with Crippen molar-refractivity contribution in [3.8, 4) is 0 Å². The third-order valence-electron chi connectivity index (χ3n) is 0.991. The molecule has 0 aliphatic heterocycles. The highest BCUT2D eigenvalue weighted by molar-refractivity contribution is 7.81. The zero-order chi connectivity index (χ0) is 10.2. The van der Waals surface area contributed by atoms with E-state index in [4.69, 9.17) is 15.3 Å². The van der Waals surface area contributed by atoms with Gasteiger partial charge in [0.2, 0.25) is 0 Å². The fraction of sp³-hybridized carbons (Fsp3) is 0.857. The molecule has 0 aromatic carbocycles. The van der Waals surface area contributed by atoms with Crippen molar-refractivity contribution < 1.29 is 20.1 Å². The fourth-order valence-corrected chi connectivity index (χ4v) is 0.0500. The number of carboxylic acid groups (broad SMARTS) is 1. The van der Waals surface area contributed by atoms with Crippen molar-refractivity contribution in [1.82, 2.24) is 0 Å². The second-order valence-electron chi connectivity index (χ2n) is 3.03. The van der Waals surface area contributed by atoms with E-state index in [9.17, 15) is 4.79 Å². The van der Waals surface area contributed by atoms with E-state index in [0.29, 0.717) is 0 Å². The Bertz CT molecular complexity index is 119. The normalized spacial score (nSPS) is 10.1. The number of aliphatic carboxylic acids is 1. The van der Waals surface area contributed by atoms with Crippen LogP contribution in [0.1, 0.15) is 13.8 Å². The number of rotatable bonds is 3. The summed E-state index contributed by atoms with van der Waals surface area (Å²) in [5.74, 6) is -0.965. The van der Waals surface area contributed by atoms with Crippen LogP contribution in [-0.4, -0.2) is 40.3 Å².